The van der Waals surface area contributed by atoms with Gasteiger partial charge in [0.2, 0.25) is 0 Å². The van der Waals surface area contributed by atoms with Crippen molar-refractivity contribution in [3.63, 3.8) is 0 Å². The van der Waals surface area contributed by atoms with E-state index in [1.807, 2.05) is 6.92 Å². The summed E-state index contributed by atoms with van der Waals surface area (Å²) in [7, 11) is -1.73. The molecule has 0 aliphatic carbocycles. The number of hydrogen-bond donors (Lipinski definition) is 1. The Kier molecular flexibility index (Phi) is 4.83. The highest BCUT2D eigenvalue weighted by Crippen LogP contribution is 2.33. The molecule has 0 amide bonds. The van der Waals surface area contributed by atoms with Gasteiger partial charge in [-0.2, -0.15) is 8.42 Å². The minimum absolute atomic E-state index is 0.0666. The van der Waals surface area contributed by atoms with Crippen LogP contribution in [0.5, 0.6) is 0 Å². The number of aryl methyl sites for hydroxylation is 1. The second-order valence-electron chi connectivity index (χ2n) is 5.77. The minimum Gasteiger partial charge on any atom is -0.300 e. The van der Waals surface area contributed by atoms with Crippen molar-refractivity contribution in [1.29, 1.82) is 0 Å². The summed E-state index contributed by atoms with van der Waals surface area (Å²) >= 11 is 0. The Morgan fingerprint density at radius 1 is 1.05 bits per heavy atom. The molecule has 2 aliphatic heterocycles. The first kappa shape index (κ1) is 15.5. The second-order valence-corrected chi connectivity index (χ2v) is 7.19. The first-order valence-electron chi connectivity index (χ1n) is 7.14. The summed E-state index contributed by atoms with van der Waals surface area (Å²) in [6.45, 7) is 1.84. The average Bonchev–Trinajstić information content (AvgIpc) is 2.62. The molecule has 0 aromatic heterocycles. The highest BCUT2D eigenvalue weighted by Gasteiger charge is 2.33. The molecule has 2 fully saturated rings. The predicted molar refractivity (Wildman–Crippen MR) is 79.4 cm³/mol. The number of fused-ring (bicyclic) bond motifs is 2. The Bertz CT molecular complexity index is 523. The molecule has 0 saturated carbocycles. The Balaban J connectivity index is 0.000000149. The molecule has 3 rings (SSSR count). The van der Waals surface area contributed by atoms with Crippen molar-refractivity contribution in [2.45, 2.75) is 56.0 Å². The van der Waals surface area contributed by atoms with Crippen LogP contribution in [0.2, 0.25) is 0 Å². The van der Waals surface area contributed by atoms with Gasteiger partial charge in [0.15, 0.2) is 0 Å². The van der Waals surface area contributed by atoms with Gasteiger partial charge in [-0.15, -0.1) is 0 Å². The van der Waals surface area contributed by atoms with Crippen molar-refractivity contribution in [3.05, 3.63) is 29.8 Å². The Morgan fingerprint density at radius 2 is 1.55 bits per heavy atom. The van der Waals surface area contributed by atoms with Crippen molar-refractivity contribution < 1.29 is 13.0 Å². The molecule has 2 saturated heterocycles. The lowest BCUT2D eigenvalue weighted by atomic mass is 10.0. The SMILES string of the molecule is CN1[C@@H]2CCC[C@H]1CC2.Cc1ccc(S(=O)(=O)O)cc1. The molecular weight excluding hydrogens is 274 g/mol. The van der Waals surface area contributed by atoms with E-state index in [1.54, 1.807) is 12.1 Å². The predicted octanol–water partition coefficient (Wildman–Crippen LogP) is 2.87. The number of benzene rings is 1. The molecule has 112 valence electrons. The van der Waals surface area contributed by atoms with Crippen LogP contribution in [0.1, 0.15) is 37.7 Å². The number of rotatable bonds is 1. The van der Waals surface area contributed by atoms with E-state index in [2.05, 4.69) is 11.9 Å². The van der Waals surface area contributed by atoms with Crippen molar-refractivity contribution in [2.75, 3.05) is 7.05 Å². The molecule has 2 heterocycles. The molecule has 20 heavy (non-hydrogen) atoms. The van der Waals surface area contributed by atoms with Crippen LogP contribution < -0.4 is 0 Å². The van der Waals surface area contributed by atoms with Crippen molar-refractivity contribution >= 4 is 10.1 Å². The molecule has 0 radical (unpaired) electrons. The Hall–Kier alpha value is -0.910. The third-order valence-electron chi connectivity index (χ3n) is 4.38. The molecule has 1 N–H and O–H groups in total. The van der Waals surface area contributed by atoms with E-state index in [0.717, 1.165) is 17.6 Å². The third kappa shape index (κ3) is 3.81. The van der Waals surface area contributed by atoms with E-state index in [4.69, 9.17) is 4.55 Å². The Morgan fingerprint density at radius 3 is 1.95 bits per heavy atom. The maximum absolute atomic E-state index is 10.5. The lowest BCUT2D eigenvalue weighted by Crippen LogP contribution is -2.35. The molecule has 2 aliphatic rings. The van der Waals surface area contributed by atoms with E-state index >= 15 is 0 Å². The number of nitrogens with zero attached hydrogens (tertiary/aromatic N) is 1. The quantitative estimate of drug-likeness (QED) is 0.810. The largest absolute Gasteiger partial charge is 0.300 e. The lowest BCUT2D eigenvalue weighted by molar-refractivity contribution is 0.179. The normalized spacial score (nSPS) is 25.9. The topological polar surface area (TPSA) is 57.6 Å². The van der Waals surface area contributed by atoms with Gasteiger partial charge < -0.3 is 4.90 Å². The zero-order chi connectivity index (χ0) is 14.8. The summed E-state index contributed by atoms with van der Waals surface area (Å²) in [6.07, 6.45) is 7.36. The number of hydrogen-bond acceptors (Lipinski definition) is 3. The minimum atomic E-state index is -4.02. The van der Waals surface area contributed by atoms with Gasteiger partial charge >= 0.3 is 0 Å². The van der Waals surface area contributed by atoms with E-state index in [-0.39, 0.29) is 4.90 Å². The number of piperidine rings is 1. The molecule has 4 nitrogen and oxygen atoms in total. The van der Waals surface area contributed by atoms with E-state index in [1.165, 1.54) is 44.2 Å². The van der Waals surface area contributed by atoms with E-state index in [9.17, 15) is 8.42 Å². The van der Waals surface area contributed by atoms with Crippen molar-refractivity contribution in [3.8, 4) is 0 Å². The highest BCUT2D eigenvalue weighted by molar-refractivity contribution is 7.85. The maximum atomic E-state index is 10.5. The molecule has 1 aromatic carbocycles. The van der Waals surface area contributed by atoms with E-state index in [0.29, 0.717) is 0 Å². The van der Waals surface area contributed by atoms with Gasteiger partial charge in [-0.1, -0.05) is 24.1 Å². The summed E-state index contributed by atoms with van der Waals surface area (Å²) in [6, 6.07) is 7.91. The molecule has 2 atom stereocenters. The van der Waals surface area contributed by atoms with Gasteiger partial charge in [-0.3, -0.25) is 4.55 Å². The Labute approximate surface area is 121 Å². The molecule has 0 spiro atoms. The molecule has 1 aromatic rings. The van der Waals surface area contributed by atoms with Crippen LogP contribution in [0.25, 0.3) is 0 Å². The first-order chi connectivity index (χ1) is 9.38. The smallest absolute Gasteiger partial charge is 0.294 e. The molecule has 2 bridgehead atoms. The fraction of sp³-hybridized carbons (Fsp3) is 0.600. The van der Waals surface area contributed by atoms with Crippen molar-refractivity contribution in [2.24, 2.45) is 0 Å². The molecular formula is C15H23NO3S. The summed E-state index contributed by atoms with van der Waals surface area (Å²) < 4.78 is 29.6. The average molecular weight is 297 g/mol. The summed E-state index contributed by atoms with van der Waals surface area (Å²) in [5, 5.41) is 0. The monoisotopic (exact) mass is 297 g/mol. The van der Waals surface area contributed by atoms with Crippen LogP contribution in [0.15, 0.2) is 29.2 Å². The van der Waals surface area contributed by atoms with E-state index < -0.39 is 10.1 Å². The molecule has 0 unspecified atom stereocenters. The fourth-order valence-electron chi connectivity index (χ4n) is 3.09. The molecule has 5 heteroatoms. The van der Waals surface area contributed by atoms with Gasteiger partial charge in [0, 0.05) is 12.1 Å². The summed E-state index contributed by atoms with van der Waals surface area (Å²) in [5.74, 6) is 0. The lowest BCUT2D eigenvalue weighted by Gasteiger charge is -2.30. The van der Waals surface area contributed by atoms with Crippen LogP contribution in [-0.2, 0) is 10.1 Å². The van der Waals surface area contributed by atoms with Gasteiger partial charge in [-0.25, -0.2) is 0 Å². The van der Waals surface area contributed by atoms with Crippen LogP contribution in [0.4, 0.5) is 0 Å². The highest BCUT2D eigenvalue weighted by atomic mass is 32.2. The summed E-state index contributed by atoms with van der Waals surface area (Å²) in [5.41, 5.74) is 0.956. The zero-order valence-corrected chi connectivity index (χ0v) is 12.9. The third-order valence-corrected chi connectivity index (χ3v) is 5.25. The van der Waals surface area contributed by atoms with Gasteiger partial charge in [0.1, 0.15) is 0 Å². The zero-order valence-electron chi connectivity index (χ0n) is 12.1. The van der Waals surface area contributed by atoms with Crippen molar-refractivity contribution in [1.82, 2.24) is 4.90 Å². The van der Waals surface area contributed by atoms with Crippen LogP contribution >= 0.6 is 0 Å². The second kappa shape index (κ2) is 6.24. The van der Waals surface area contributed by atoms with Crippen LogP contribution in [0, 0.1) is 6.92 Å². The van der Waals surface area contributed by atoms with Crippen LogP contribution in [-0.4, -0.2) is 37.0 Å². The summed E-state index contributed by atoms with van der Waals surface area (Å²) in [4.78, 5) is 2.52. The van der Waals surface area contributed by atoms with Gasteiger partial charge in [0.05, 0.1) is 4.90 Å². The van der Waals surface area contributed by atoms with Gasteiger partial charge in [-0.05, 0) is 51.8 Å². The van der Waals surface area contributed by atoms with Gasteiger partial charge in [0.25, 0.3) is 10.1 Å². The maximum Gasteiger partial charge on any atom is 0.294 e. The van der Waals surface area contributed by atoms with Crippen LogP contribution in [0.3, 0.4) is 0 Å². The first-order valence-corrected chi connectivity index (χ1v) is 8.58. The fourth-order valence-corrected chi connectivity index (χ4v) is 3.57. The standard InChI is InChI=1S/C8H15N.C7H8O3S/c1-9-7-3-2-4-8(9)6-5-7;1-6-2-4-7(5-3-6)11(8,9)10/h7-8H,2-6H2,1H3;2-5H,1H3,(H,8,9,10)/t7-,8+;.